The van der Waals surface area contributed by atoms with Crippen molar-refractivity contribution in [2.24, 2.45) is 5.73 Å². The van der Waals surface area contributed by atoms with E-state index in [0.717, 1.165) is 0 Å². The zero-order chi connectivity index (χ0) is 12.5. The third kappa shape index (κ3) is 2.67. The van der Waals surface area contributed by atoms with Crippen molar-refractivity contribution in [1.29, 1.82) is 0 Å². The quantitative estimate of drug-likeness (QED) is 0.779. The molecule has 0 aromatic carbocycles. The smallest absolute Gasteiger partial charge is 0.289 e. The Bertz CT molecular complexity index is 506. The molecule has 0 radical (unpaired) electrons. The van der Waals surface area contributed by atoms with Crippen LogP contribution in [0.5, 0.6) is 0 Å². The molecule has 2 heterocycles. The van der Waals surface area contributed by atoms with Gasteiger partial charge >= 0.3 is 0 Å². The molecule has 2 N–H and O–H groups in total. The number of carbonyl (C=O) groups is 1. The Balaban J connectivity index is 2.06. The van der Waals surface area contributed by atoms with Gasteiger partial charge in [0.05, 0.1) is 18.1 Å². The Labute approximate surface area is 99.3 Å². The third-order valence-corrected chi connectivity index (χ3v) is 4.31. The molecule has 1 aromatic heterocycles. The summed E-state index contributed by atoms with van der Waals surface area (Å²) in [6.07, 6.45) is 0. The van der Waals surface area contributed by atoms with Gasteiger partial charge in [-0.15, -0.1) is 0 Å². The topological polar surface area (TPSA) is 93.6 Å². The van der Waals surface area contributed by atoms with E-state index >= 15 is 0 Å². The van der Waals surface area contributed by atoms with Crippen molar-refractivity contribution >= 4 is 15.7 Å². The molecule has 7 heteroatoms. The molecule has 0 aliphatic carbocycles. The lowest BCUT2D eigenvalue weighted by Gasteiger charge is -2.25. The summed E-state index contributed by atoms with van der Waals surface area (Å²) in [6, 6.07) is 3.21. The minimum absolute atomic E-state index is 0.0171. The van der Waals surface area contributed by atoms with Gasteiger partial charge in [0.2, 0.25) is 0 Å². The van der Waals surface area contributed by atoms with Crippen LogP contribution in [-0.4, -0.2) is 43.8 Å². The number of rotatable bonds is 2. The van der Waals surface area contributed by atoms with Gasteiger partial charge < -0.3 is 15.1 Å². The molecular weight excluding hydrogens is 244 g/mol. The van der Waals surface area contributed by atoms with Crippen LogP contribution in [0.1, 0.15) is 16.3 Å². The van der Waals surface area contributed by atoms with Crippen LogP contribution in [0.3, 0.4) is 0 Å². The standard InChI is InChI=1S/C10H14N2O4S/c11-7-8-1-2-9(16-8)10(13)12-3-5-17(14,15)6-4-12/h1-2H,3-7,11H2. The monoisotopic (exact) mass is 258 g/mol. The number of nitrogens with two attached hydrogens (primary N) is 1. The molecule has 0 unspecified atom stereocenters. The zero-order valence-electron chi connectivity index (χ0n) is 9.26. The van der Waals surface area contributed by atoms with Crippen LogP contribution in [0.15, 0.2) is 16.5 Å². The molecule has 2 rings (SSSR count). The van der Waals surface area contributed by atoms with Crippen LogP contribution in [0.2, 0.25) is 0 Å². The molecule has 17 heavy (non-hydrogen) atoms. The van der Waals surface area contributed by atoms with Gasteiger partial charge in [-0.1, -0.05) is 0 Å². The van der Waals surface area contributed by atoms with E-state index in [0.29, 0.717) is 5.76 Å². The van der Waals surface area contributed by atoms with Crippen LogP contribution >= 0.6 is 0 Å². The Kier molecular flexibility index (Phi) is 3.21. The lowest BCUT2D eigenvalue weighted by molar-refractivity contribution is 0.0736. The van der Waals surface area contributed by atoms with Crippen molar-refractivity contribution in [1.82, 2.24) is 4.90 Å². The summed E-state index contributed by atoms with van der Waals surface area (Å²) >= 11 is 0. The maximum Gasteiger partial charge on any atom is 0.289 e. The highest BCUT2D eigenvalue weighted by Gasteiger charge is 2.27. The maximum absolute atomic E-state index is 11.9. The van der Waals surface area contributed by atoms with E-state index in [-0.39, 0.29) is 42.8 Å². The number of nitrogens with zero attached hydrogens (tertiary/aromatic N) is 1. The minimum Gasteiger partial charge on any atom is -0.455 e. The van der Waals surface area contributed by atoms with E-state index in [1.54, 1.807) is 12.1 Å². The zero-order valence-corrected chi connectivity index (χ0v) is 10.1. The summed E-state index contributed by atoms with van der Waals surface area (Å²) in [5.74, 6) is 0.508. The number of hydrogen-bond donors (Lipinski definition) is 1. The fourth-order valence-corrected chi connectivity index (χ4v) is 2.88. The van der Waals surface area contributed by atoms with E-state index in [4.69, 9.17) is 10.2 Å². The van der Waals surface area contributed by atoms with Gasteiger partial charge in [-0.2, -0.15) is 0 Å². The predicted molar refractivity (Wildman–Crippen MR) is 61.2 cm³/mol. The van der Waals surface area contributed by atoms with Crippen LogP contribution in [0.25, 0.3) is 0 Å². The first kappa shape index (κ1) is 12.1. The van der Waals surface area contributed by atoms with Gasteiger partial charge in [0.1, 0.15) is 5.76 Å². The Morgan fingerprint density at radius 3 is 2.53 bits per heavy atom. The van der Waals surface area contributed by atoms with Gasteiger partial charge in [-0.05, 0) is 12.1 Å². The summed E-state index contributed by atoms with van der Waals surface area (Å²) in [7, 11) is -2.98. The molecule has 94 valence electrons. The second-order valence-electron chi connectivity index (χ2n) is 3.91. The lowest BCUT2D eigenvalue weighted by atomic mass is 10.3. The first-order valence-corrected chi connectivity index (χ1v) is 7.12. The van der Waals surface area contributed by atoms with Gasteiger partial charge in [0.15, 0.2) is 15.6 Å². The summed E-state index contributed by atoms with van der Waals surface area (Å²) in [4.78, 5) is 13.4. The number of sulfone groups is 1. The van der Waals surface area contributed by atoms with Gasteiger partial charge in [-0.3, -0.25) is 4.79 Å². The molecule has 0 atom stereocenters. The summed E-state index contributed by atoms with van der Waals surface area (Å²) in [5.41, 5.74) is 5.38. The molecule has 0 bridgehead atoms. The third-order valence-electron chi connectivity index (χ3n) is 2.71. The fourth-order valence-electron chi connectivity index (χ4n) is 1.67. The molecule has 1 saturated heterocycles. The van der Waals surface area contributed by atoms with E-state index in [1.807, 2.05) is 0 Å². The van der Waals surface area contributed by atoms with E-state index in [1.165, 1.54) is 4.90 Å². The highest BCUT2D eigenvalue weighted by Crippen LogP contribution is 2.12. The number of furan rings is 1. The average molecular weight is 258 g/mol. The highest BCUT2D eigenvalue weighted by atomic mass is 32.2. The summed E-state index contributed by atoms with van der Waals surface area (Å²) in [5, 5.41) is 0. The molecule has 1 aliphatic heterocycles. The van der Waals surface area contributed by atoms with E-state index in [2.05, 4.69) is 0 Å². The molecule has 6 nitrogen and oxygen atoms in total. The molecule has 0 saturated carbocycles. The number of amides is 1. The largest absolute Gasteiger partial charge is 0.455 e. The van der Waals surface area contributed by atoms with Crippen LogP contribution < -0.4 is 5.73 Å². The molecule has 1 aliphatic rings. The van der Waals surface area contributed by atoms with Crippen molar-refractivity contribution in [3.63, 3.8) is 0 Å². The van der Waals surface area contributed by atoms with Gasteiger partial charge in [0, 0.05) is 13.1 Å². The van der Waals surface area contributed by atoms with Crippen molar-refractivity contribution in [2.75, 3.05) is 24.6 Å². The van der Waals surface area contributed by atoms with Crippen LogP contribution in [0, 0.1) is 0 Å². The Morgan fingerprint density at radius 1 is 1.35 bits per heavy atom. The summed E-state index contributed by atoms with van der Waals surface area (Å²) in [6.45, 7) is 0.682. The number of carbonyl (C=O) groups excluding carboxylic acids is 1. The average Bonchev–Trinajstić information content (AvgIpc) is 2.76. The minimum atomic E-state index is -2.98. The van der Waals surface area contributed by atoms with Gasteiger partial charge in [-0.25, -0.2) is 8.42 Å². The van der Waals surface area contributed by atoms with E-state index in [9.17, 15) is 13.2 Å². The summed E-state index contributed by atoms with van der Waals surface area (Å²) < 4.78 is 27.7. The molecule has 1 fully saturated rings. The first-order valence-electron chi connectivity index (χ1n) is 5.30. The molecular formula is C10H14N2O4S. The van der Waals surface area contributed by atoms with Crippen molar-refractivity contribution in [2.45, 2.75) is 6.54 Å². The van der Waals surface area contributed by atoms with Crippen molar-refractivity contribution < 1.29 is 17.6 Å². The normalized spacial score (nSPS) is 19.2. The number of hydrogen-bond acceptors (Lipinski definition) is 5. The van der Waals surface area contributed by atoms with Crippen molar-refractivity contribution in [3.05, 3.63) is 23.7 Å². The second-order valence-corrected chi connectivity index (χ2v) is 6.22. The van der Waals surface area contributed by atoms with Crippen LogP contribution in [-0.2, 0) is 16.4 Å². The second kappa shape index (κ2) is 4.50. The fraction of sp³-hybridized carbons (Fsp3) is 0.500. The predicted octanol–water partition coefficient (Wildman–Crippen LogP) is -0.391. The maximum atomic E-state index is 11.9. The molecule has 0 spiro atoms. The van der Waals surface area contributed by atoms with Crippen LogP contribution in [0.4, 0.5) is 0 Å². The van der Waals surface area contributed by atoms with Crippen molar-refractivity contribution in [3.8, 4) is 0 Å². The SMILES string of the molecule is NCc1ccc(C(=O)N2CCS(=O)(=O)CC2)o1. The lowest BCUT2D eigenvalue weighted by Crippen LogP contribution is -2.43. The first-order chi connectivity index (χ1) is 8.02. The highest BCUT2D eigenvalue weighted by molar-refractivity contribution is 7.91. The molecule has 1 amide bonds. The van der Waals surface area contributed by atoms with Gasteiger partial charge in [0.25, 0.3) is 5.91 Å². The van der Waals surface area contributed by atoms with E-state index < -0.39 is 9.84 Å². The Morgan fingerprint density at radius 2 is 2.00 bits per heavy atom. The Hall–Kier alpha value is -1.34. The molecule has 1 aromatic rings.